The molecule has 1 aliphatic heterocycles. The number of ether oxygens (including phenoxy) is 4. The van der Waals surface area contributed by atoms with Crippen LogP contribution in [0.25, 0.3) is 0 Å². The number of amides is 2. The molecule has 244 valence electrons. The highest BCUT2D eigenvalue weighted by atomic mass is 19.4. The lowest BCUT2D eigenvalue weighted by Gasteiger charge is -2.31. The van der Waals surface area contributed by atoms with Crippen molar-refractivity contribution in [2.45, 2.75) is 56.8 Å². The molecule has 2 fully saturated rings. The molecule has 1 saturated heterocycles. The van der Waals surface area contributed by atoms with Crippen molar-refractivity contribution in [1.29, 1.82) is 0 Å². The van der Waals surface area contributed by atoms with Gasteiger partial charge >= 0.3 is 18.8 Å². The second-order valence-corrected chi connectivity index (χ2v) is 10.3. The summed E-state index contributed by atoms with van der Waals surface area (Å²) in [5.74, 6) is -0.771. The molecule has 10 nitrogen and oxygen atoms in total. The number of alkyl halides is 6. The third-order valence-electron chi connectivity index (χ3n) is 7.01. The SMILES string of the molecule is O=C(Nc1cccc(OC(F)(F)F)c1)NC1CCC(Oc2ccc(OC(F)(F)F)cc2C(O)NCCN2CCOCC2)CC1. The van der Waals surface area contributed by atoms with E-state index in [0.29, 0.717) is 52.0 Å². The summed E-state index contributed by atoms with van der Waals surface area (Å²) in [6.07, 6.45) is -9.47. The van der Waals surface area contributed by atoms with Crippen LogP contribution in [-0.2, 0) is 4.74 Å². The summed E-state index contributed by atoms with van der Waals surface area (Å²) in [6.45, 7) is 3.66. The first-order chi connectivity index (χ1) is 20.8. The minimum Gasteiger partial charge on any atom is -0.490 e. The number of aliphatic hydroxyl groups excluding tert-OH is 1. The van der Waals surface area contributed by atoms with Gasteiger partial charge in [0.15, 0.2) is 0 Å². The number of nitrogens with zero attached hydrogens (tertiary/aromatic N) is 1. The molecule has 4 N–H and O–H groups in total. The molecule has 0 spiro atoms. The Labute approximate surface area is 249 Å². The van der Waals surface area contributed by atoms with E-state index in [4.69, 9.17) is 9.47 Å². The molecule has 2 amide bonds. The van der Waals surface area contributed by atoms with Gasteiger partial charge < -0.3 is 34.7 Å². The van der Waals surface area contributed by atoms with Crippen LogP contribution in [0.5, 0.6) is 17.2 Å². The molecule has 0 radical (unpaired) electrons. The summed E-state index contributed by atoms with van der Waals surface area (Å²) < 4.78 is 95.3. The Morgan fingerprint density at radius 3 is 2.27 bits per heavy atom. The standard InChI is InChI=1S/C28H34F6N4O6/c29-27(30,31)43-21-3-1-2-19(16-21)37-26(40)36-18-4-6-20(7-5-18)42-24-9-8-22(44-28(32,33)34)17-23(24)25(39)35-10-11-38-12-14-41-15-13-38/h1-3,8-9,16-18,20,25,35,39H,4-7,10-15H2,(H2,36,37,40). The fourth-order valence-corrected chi connectivity index (χ4v) is 4.97. The van der Waals surface area contributed by atoms with Gasteiger partial charge in [-0.1, -0.05) is 6.07 Å². The number of nitrogens with one attached hydrogen (secondary N) is 3. The van der Waals surface area contributed by atoms with Gasteiger partial charge in [0, 0.05) is 49.5 Å². The number of hydrogen-bond acceptors (Lipinski definition) is 8. The summed E-state index contributed by atoms with van der Waals surface area (Å²) in [6, 6.07) is 7.55. The van der Waals surface area contributed by atoms with Crippen molar-refractivity contribution in [2.24, 2.45) is 0 Å². The molecule has 1 saturated carbocycles. The molecule has 0 aromatic heterocycles. The number of hydrogen-bond donors (Lipinski definition) is 4. The van der Waals surface area contributed by atoms with E-state index in [0.717, 1.165) is 37.4 Å². The molecule has 4 rings (SSSR count). The monoisotopic (exact) mass is 636 g/mol. The highest BCUT2D eigenvalue weighted by molar-refractivity contribution is 5.89. The normalized spacial score (nSPS) is 20.4. The van der Waals surface area contributed by atoms with Gasteiger partial charge in [0.25, 0.3) is 0 Å². The predicted molar refractivity (Wildman–Crippen MR) is 145 cm³/mol. The zero-order valence-electron chi connectivity index (χ0n) is 23.5. The van der Waals surface area contributed by atoms with E-state index < -0.39 is 36.5 Å². The summed E-state index contributed by atoms with van der Waals surface area (Å²) in [7, 11) is 0. The number of rotatable bonds is 11. The number of benzene rings is 2. The maximum absolute atomic E-state index is 12.9. The molecule has 2 aromatic rings. The van der Waals surface area contributed by atoms with Crippen LogP contribution < -0.4 is 30.2 Å². The fraction of sp³-hybridized carbons (Fsp3) is 0.536. The van der Waals surface area contributed by atoms with Crippen LogP contribution in [0.4, 0.5) is 36.8 Å². The maximum atomic E-state index is 12.9. The fourth-order valence-electron chi connectivity index (χ4n) is 4.97. The smallest absolute Gasteiger partial charge is 0.490 e. The third kappa shape index (κ3) is 11.2. The Hall–Kier alpha value is -3.47. The van der Waals surface area contributed by atoms with E-state index >= 15 is 0 Å². The average molecular weight is 637 g/mol. The Kier molecular flexibility index (Phi) is 11.4. The summed E-state index contributed by atoms with van der Waals surface area (Å²) in [5, 5.41) is 19.0. The zero-order chi connectivity index (χ0) is 31.7. The number of morpholine rings is 1. The van der Waals surface area contributed by atoms with Gasteiger partial charge in [0.05, 0.1) is 19.3 Å². The highest BCUT2D eigenvalue weighted by Gasteiger charge is 2.33. The first-order valence-electron chi connectivity index (χ1n) is 14.0. The van der Waals surface area contributed by atoms with Gasteiger partial charge in [-0.05, 0) is 56.0 Å². The van der Waals surface area contributed by atoms with Crippen molar-refractivity contribution < 1.29 is 55.2 Å². The summed E-state index contributed by atoms with van der Waals surface area (Å²) >= 11 is 0. The molecule has 0 bridgehead atoms. The molecule has 1 atom stereocenters. The second kappa shape index (κ2) is 15.0. The lowest BCUT2D eigenvalue weighted by molar-refractivity contribution is -0.275. The average Bonchev–Trinajstić information content (AvgIpc) is 2.94. The number of urea groups is 1. The Bertz CT molecular complexity index is 1220. The molecule has 1 heterocycles. The van der Waals surface area contributed by atoms with Gasteiger partial charge in [-0.3, -0.25) is 10.2 Å². The summed E-state index contributed by atoms with van der Waals surface area (Å²) in [4.78, 5) is 14.6. The Balaban J connectivity index is 1.30. The highest BCUT2D eigenvalue weighted by Crippen LogP contribution is 2.34. The number of aliphatic hydroxyl groups is 1. The molecule has 2 aliphatic rings. The van der Waals surface area contributed by atoms with E-state index in [1.807, 2.05) is 0 Å². The third-order valence-corrected chi connectivity index (χ3v) is 7.01. The first kappa shape index (κ1) is 33.4. The second-order valence-electron chi connectivity index (χ2n) is 10.3. The van der Waals surface area contributed by atoms with Crippen molar-refractivity contribution in [3.63, 3.8) is 0 Å². The van der Waals surface area contributed by atoms with Gasteiger partial charge in [-0.25, -0.2) is 4.79 Å². The van der Waals surface area contributed by atoms with E-state index in [2.05, 4.69) is 30.3 Å². The van der Waals surface area contributed by atoms with Gasteiger partial charge in [-0.2, -0.15) is 0 Å². The Morgan fingerprint density at radius 1 is 0.955 bits per heavy atom. The molecular weight excluding hydrogens is 602 g/mol. The van der Waals surface area contributed by atoms with Gasteiger partial charge in [0.2, 0.25) is 0 Å². The van der Waals surface area contributed by atoms with E-state index in [1.165, 1.54) is 18.2 Å². The molecular formula is C28H34F6N4O6. The largest absolute Gasteiger partial charge is 0.573 e. The molecule has 1 aliphatic carbocycles. The molecule has 44 heavy (non-hydrogen) atoms. The zero-order valence-corrected chi connectivity index (χ0v) is 23.5. The van der Waals surface area contributed by atoms with Gasteiger partial charge in [0.1, 0.15) is 23.5 Å². The van der Waals surface area contributed by atoms with Crippen LogP contribution in [0.15, 0.2) is 42.5 Å². The maximum Gasteiger partial charge on any atom is 0.573 e. The molecule has 16 heteroatoms. The lowest BCUT2D eigenvalue weighted by Crippen LogP contribution is -2.42. The number of halogens is 6. The first-order valence-corrected chi connectivity index (χ1v) is 14.0. The van der Waals surface area contributed by atoms with E-state index in [1.54, 1.807) is 0 Å². The van der Waals surface area contributed by atoms with Crippen LogP contribution in [0.3, 0.4) is 0 Å². The van der Waals surface area contributed by atoms with Crippen molar-refractivity contribution in [3.8, 4) is 17.2 Å². The molecule has 2 aromatic carbocycles. The molecule has 1 unspecified atom stereocenters. The minimum atomic E-state index is -4.91. The van der Waals surface area contributed by atoms with Crippen molar-refractivity contribution >= 4 is 11.7 Å². The van der Waals surface area contributed by atoms with Crippen LogP contribution in [0.1, 0.15) is 37.5 Å². The number of carbonyl (C=O) groups excluding carboxylic acids is 1. The number of anilines is 1. The van der Waals surface area contributed by atoms with E-state index in [9.17, 15) is 36.2 Å². The summed E-state index contributed by atoms with van der Waals surface area (Å²) in [5.41, 5.74) is 0.203. The van der Waals surface area contributed by atoms with Crippen LogP contribution in [0, 0.1) is 0 Å². The van der Waals surface area contributed by atoms with Crippen molar-refractivity contribution in [1.82, 2.24) is 15.5 Å². The lowest BCUT2D eigenvalue weighted by atomic mass is 9.93. The van der Waals surface area contributed by atoms with Crippen molar-refractivity contribution in [2.75, 3.05) is 44.7 Å². The van der Waals surface area contributed by atoms with Crippen LogP contribution in [0.2, 0.25) is 0 Å². The van der Waals surface area contributed by atoms with E-state index in [-0.39, 0.29) is 29.1 Å². The van der Waals surface area contributed by atoms with Crippen molar-refractivity contribution in [3.05, 3.63) is 48.0 Å². The predicted octanol–water partition coefficient (Wildman–Crippen LogP) is 4.91. The van der Waals surface area contributed by atoms with Gasteiger partial charge in [-0.15, -0.1) is 26.3 Å². The van der Waals surface area contributed by atoms with Crippen LogP contribution >= 0.6 is 0 Å². The number of carbonyl (C=O) groups is 1. The quantitative estimate of drug-likeness (QED) is 0.204. The topological polar surface area (TPSA) is 114 Å². The minimum absolute atomic E-state index is 0.0880. The Morgan fingerprint density at radius 2 is 1.61 bits per heavy atom. The van der Waals surface area contributed by atoms with Crippen LogP contribution in [-0.4, -0.2) is 80.3 Å².